The van der Waals surface area contributed by atoms with Crippen LogP contribution in [0.15, 0.2) is 22.7 Å². The molecule has 1 rings (SSSR count). The summed E-state index contributed by atoms with van der Waals surface area (Å²) in [5, 5.41) is 0.764. The Labute approximate surface area is 123 Å². The van der Waals surface area contributed by atoms with E-state index in [1.807, 2.05) is 0 Å². The second kappa shape index (κ2) is 7.86. The van der Waals surface area contributed by atoms with Crippen molar-refractivity contribution < 1.29 is 13.9 Å². The monoisotopic (exact) mass is 381 g/mol. The van der Waals surface area contributed by atoms with Crippen LogP contribution in [0.25, 0.3) is 0 Å². The van der Waals surface area contributed by atoms with Gasteiger partial charge in [-0.25, -0.2) is 4.39 Å². The molecule has 0 N–H and O–H groups in total. The highest BCUT2D eigenvalue weighted by molar-refractivity contribution is 9.10. The zero-order chi connectivity index (χ0) is 13.5. The quantitative estimate of drug-likeness (QED) is 0.559. The van der Waals surface area contributed by atoms with Gasteiger partial charge in [-0.1, -0.05) is 15.9 Å². The van der Waals surface area contributed by atoms with E-state index in [-0.39, 0.29) is 5.91 Å². The predicted molar refractivity (Wildman–Crippen MR) is 75.7 cm³/mol. The Kier molecular flexibility index (Phi) is 6.81. The zero-order valence-corrected chi connectivity index (χ0v) is 13.1. The molecule has 0 unspecified atom stereocenters. The number of nitrogens with zero attached hydrogens (tertiary/aromatic N) is 1. The summed E-state index contributed by atoms with van der Waals surface area (Å²) >= 11 is 6.49. The molecule has 0 aliphatic heterocycles. The molecule has 0 saturated carbocycles. The maximum absolute atomic E-state index is 13.1. The minimum absolute atomic E-state index is 0.233. The lowest BCUT2D eigenvalue weighted by molar-refractivity contribution is 0.0712. The molecule has 3 nitrogen and oxygen atoms in total. The number of hydrogen-bond donors (Lipinski definition) is 0. The van der Waals surface area contributed by atoms with Crippen LogP contribution in [-0.4, -0.2) is 42.9 Å². The van der Waals surface area contributed by atoms with Gasteiger partial charge in [-0.05, 0) is 34.1 Å². The van der Waals surface area contributed by atoms with Gasteiger partial charge in [-0.3, -0.25) is 4.79 Å². The lowest BCUT2D eigenvalue weighted by Gasteiger charge is -2.17. The summed E-state index contributed by atoms with van der Waals surface area (Å²) in [6, 6.07) is 4.06. The number of rotatable bonds is 6. The standard InChI is InChI=1S/C12H14Br2FNO2/c1-16(5-7-18-6-4-13)12(17)10-8-9(15)2-3-11(10)14/h2-3,8H,4-7H2,1H3. The Bertz CT molecular complexity index is 415. The molecule has 0 aliphatic rings. The molecule has 0 radical (unpaired) electrons. The maximum atomic E-state index is 13.1. The largest absolute Gasteiger partial charge is 0.379 e. The van der Waals surface area contributed by atoms with E-state index in [0.717, 1.165) is 5.33 Å². The molecular weight excluding hydrogens is 369 g/mol. The van der Waals surface area contributed by atoms with Crippen LogP contribution >= 0.6 is 31.9 Å². The van der Waals surface area contributed by atoms with Crippen molar-refractivity contribution in [3.8, 4) is 0 Å². The van der Waals surface area contributed by atoms with Crippen LogP contribution in [-0.2, 0) is 4.74 Å². The number of hydrogen-bond acceptors (Lipinski definition) is 2. The van der Waals surface area contributed by atoms with Crippen LogP contribution in [0.5, 0.6) is 0 Å². The number of alkyl halides is 1. The topological polar surface area (TPSA) is 29.5 Å². The first-order chi connectivity index (χ1) is 8.56. The summed E-state index contributed by atoms with van der Waals surface area (Å²) in [5.74, 6) is -0.658. The third-order valence-electron chi connectivity index (χ3n) is 2.30. The third kappa shape index (κ3) is 4.66. The highest BCUT2D eigenvalue weighted by Crippen LogP contribution is 2.19. The minimum Gasteiger partial charge on any atom is -0.379 e. The van der Waals surface area contributed by atoms with Crippen molar-refractivity contribution in [1.82, 2.24) is 4.90 Å². The fraction of sp³-hybridized carbons (Fsp3) is 0.417. The van der Waals surface area contributed by atoms with Crippen molar-refractivity contribution >= 4 is 37.8 Å². The van der Waals surface area contributed by atoms with Crippen LogP contribution in [0.2, 0.25) is 0 Å². The number of carbonyl (C=O) groups excluding carboxylic acids is 1. The molecular formula is C12H14Br2FNO2. The molecule has 0 spiro atoms. The van der Waals surface area contributed by atoms with Crippen molar-refractivity contribution in [1.29, 1.82) is 0 Å². The van der Waals surface area contributed by atoms with Gasteiger partial charge in [0.1, 0.15) is 5.82 Å². The summed E-state index contributed by atoms with van der Waals surface area (Å²) in [7, 11) is 1.66. The minimum atomic E-state index is -0.425. The predicted octanol–water partition coefficient (Wildman–Crippen LogP) is 3.07. The molecule has 1 aromatic carbocycles. The fourth-order valence-electron chi connectivity index (χ4n) is 1.33. The summed E-state index contributed by atoms with van der Waals surface area (Å²) < 4.78 is 19.0. The van der Waals surface area contributed by atoms with Gasteiger partial charge >= 0.3 is 0 Å². The Morgan fingerprint density at radius 2 is 2.17 bits per heavy atom. The van der Waals surface area contributed by atoms with Gasteiger partial charge in [0.05, 0.1) is 18.8 Å². The second-order valence-electron chi connectivity index (χ2n) is 3.65. The molecule has 0 fully saturated rings. The molecule has 0 aromatic heterocycles. The third-order valence-corrected chi connectivity index (χ3v) is 3.31. The average Bonchev–Trinajstić information content (AvgIpc) is 2.36. The first-order valence-electron chi connectivity index (χ1n) is 5.40. The van der Waals surface area contributed by atoms with Crippen LogP contribution in [0.3, 0.4) is 0 Å². The first-order valence-corrected chi connectivity index (χ1v) is 7.32. The van der Waals surface area contributed by atoms with Crippen molar-refractivity contribution in [2.24, 2.45) is 0 Å². The summed E-state index contributed by atoms with van der Waals surface area (Å²) in [4.78, 5) is 13.6. The molecule has 6 heteroatoms. The number of carbonyl (C=O) groups is 1. The van der Waals surface area contributed by atoms with E-state index < -0.39 is 5.82 Å². The lowest BCUT2D eigenvalue weighted by Crippen LogP contribution is -2.30. The molecule has 0 bridgehead atoms. The second-order valence-corrected chi connectivity index (χ2v) is 5.30. The lowest BCUT2D eigenvalue weighted by atomic mass is 10.2. The maximum Gasteiger partial charge on any atom is 0.254 e. The van der Waals surface area contributed by atoms with Gasteiger partial charge in [0.2, 0.25) is 0 Å². The highest BCUT2D eigenvalue weighted by atomic mass is 79.9. The Hall–Kier alpha value is -0.460. The normalized spacial score (nSPS) is 10.4. The summed E-state index contributed by atoms with van der Waals surface area (Å²) in [5.41, 5.74) is 0.318. The van der Waals surface area contributed by atoms with E-state index in [1.165, 1.54) is 23.1 Å². The van der Waals surface area contributed by atoms with Gasteiger partial charge in [0.15, 0.2) is 0 Å². The van der Waals surface area contributed by atoms with Crippen molar-refractivity contribution in [2.75, 3.05) is 32.1 Å². The van der Waals surface area contributed by atoms with Gasteiger partial charge in [0, 0.05) is 23.4 Å². The van der Waals surface area contributed by atoms with Crippen LogP contribution in [0.4, 0.5) is 4.39 Å². The first kappa shape index (κ1) is 15.6. The SMILES string of the molecule is CN(CCOCCBr)C(=O)c1cc(F)ccc1Br. The fourth-order valence-corrected chi connectivity index (χ4v) is 1.97. The van der Waals surface area contributed by atoms with E-state index in [9.17, 15) is 9.18 Å². The molecule has 1 amide bonds. The van der Waals surface area contributed by atoms with E-state index in [1.54, 1.807) is 7.05 Å². The molecule has 18 heavy (non-hydrogen) atoms. The smallest absolute Gasteiger partial charge is 0.254 e. The van der Waals surface area contributed by atoms with Crippen LogP contribution < -0.4 is 0 Å². The number of likely N-dealkylation sites (N-methyl/N-ethyl adjacent to an activating group) is 1. The Balaban J connectivity index is 2.60. The van der Waals surface area contributed by atoms with Gasteiger partial charge in [-0.15, -0.1) is 0 Å². The Morgan fingerprint density at radius 1 is 1.44 bits per heavy atom. The van der Waals surface area contributed by atoms with Gasteiger partial charge in [0.25, 0.3) is 5.91 Å². The number of ether oxygens (including phenoxy) is 1. The zero-order valence-electron chi connectivity index (χ0n) is 9.96. The molecule has 100 valence electrons. The Morgan fingerprint density at radius 3 is 2.83 bits per heavy atom. The van der Waals surface area contributed by atoms with E-state index >= 15 is 0 Å². The van der Waals surface area contributed by atoms with Gasteiger partial charge in [-0.2, -0.15) is 0 Å². The number of amides is 1. The van der Waals surface area contributed by atoms with Crippen molar-refractivity contribution in [2.45, 2.75) is 0 Å². The van der Waals surface area contributed by atoms with Crippen LogP contribution in [0, 0.1) is 5.82 Å². The molecule has 1 aromatic rings. The van der Waals surface area contributed by atoms with E-state index in [0.29, 0.717) is 29.8 Å². The highest BCUT2D eigenvalue weighted by Gasteiger charge is 2.15. The summed E-state index contributed by atoms with van der Waals surface area (Å²) in [6.45, 7) is 1.53. The molecule has 0 aliphatic carbocycles. The number of halogens is 3. The number of benzene rings is 1. The van der Waals surface area contributed by atoms with Crippen molar-refractivity contribution in [3.63, 3.8) is 0 Å². The van der Waals surface area contributed by atoms with Crippen LogP contribution in [0.1, 0.15) is 10.4 Å². The summed E-state index contributed by atoms with van der Waals surface area (Å²) in [6.07, 6.45) is 0. The molecule has 0 atom stereocenters. The molecule has 0 saturated heterocycles. The average molecular weight is 383 g/mol. The van der Waals surface area contributed by atoms with E-state index in [4.69, 9.17) is 4.74 Å². The molecule has 0 heterocycles. The van der Waals surface area contributed by atoms with Crippen molar-refractivity contribution in [3.05, 3.63) is 34.1 Å². The van der Waals surface area contributed by atoms with E-state index in [2.05, 4.69) is 31.9 Å². The van der Waals surface area contributed by atoms with Gasteiger partial charge < -0.3 is 9.64 Å².